The van der Waals surface area contributed by atoms with Gasteiger partial charge in [0.05, 0.1) is 0 Å². The van der Waals surface area contributed by atoms with E-state index in [-0.39, 0.29) is 32.7 Å². The maximum Gasteiger partial charge on any atom is 0 e. The topological polar surface area (TPSA) is 12.4 Å². The molecule has 1 atom stereocenters. The van der Waals surface area contributed by atoms with Gasteiger partial charge in [-0.1, -0.05) is 11.5 Å². The molecule has 1 aliphatic rings. The van der Waals surface area contributed by atoms with E-state index in [2.05, 4.69) is 24.0 Å². The van der Waals surface area contributed by atoms with Crippen molar-refractivity contribution in [2.45, 2.75) is 12.8 Å². The first-order valence-corrected chi connectivity index (χ1v) is 4.38. The van der Waals surface area contributed by atoms with Crippen molar-refractivity contribution in [1.82, 2.24) is 0 Å². The molecule has 0 saturated carbocycles. The molecule has 2 heteroatoms. The van der Waals surface area contributed by atoms with Gasteiger partial charge >= 0.3 is 0 Å². The Labute approximate surface area is 110 Å². The van der Waals surface area contributed by atoms with Crippen molar-refractivity contribution in [3.63, 3.8) is 0 Å². The summed E-state index contributed by atoms with van der Waals surface area (Å²) < 4.78 is 0. The Morgan fingerprint density at radius 3 is 2.93 bits per heavy atom. The van der Waals surface area contributed by atoms with Gasteiger partial charge in [-0.3, -0.25) is 0 Å². The number of benzene rings is 1. The van der Waals surface area contributed by atoms with E-state index < -0.39 is 0 Å². The predicted molar refractivity (Wildman–Crippen MR) is 54.6 cm³/mol. The second kappa shape index (κ2) is 5.48. The Hall–Kier alpha value is -0.396. The fourth-order valence-electron chi connectivity index (χ4n) is 1.44. The zero-order valence-corrected chi connectivity index (χ0v) is 11.0. The van der Waals surface area contributed by atoms with Crippen molar-refractivity contribution >= 4 is 6.21 Å². The number of dihydropyridines is 1. The molecule has 0 bridgehead atoms. The molecule has 0 aromatic heterocycles. The molecule has 1 aromatic carbocycles. The molecule has 0 saturated heterocycles. The third kappa shape index (κ3) is 2.55. The second-order valence-corrected chi connectivity index (χ2v) is 3.15. The van der Waals surface area contributed by atoms with Gasteiger partial charge in [-0.25, -0.2) is 0 Å². The molecule has 14 heavy (non-hydrogen) atoms. The molecular weight excluding hydrogens is 247 g/mol. The van der Waals surface area contributed by atoms with Gasteiger partial charge in [0.15, 0.2) is 0 Å². The Bertz CT molecular complexity index is 341. The summed E-state index contributed by atoms with van der Waals surface area (Å²) in [7, 11) is 0. The van der Waals surface area contributed by atoms with Crippen molar-refractivity contribution in [3.8, 4) is 0 Å². The van der Waals surface area contributed by atoms with E-state index in [1.54, 1.807) is 0 Å². The fourth-order valence-corrected chi connectivity index (χ4v) is 1.44. The largest absolute Gasteiger partial charge is 0.453 e. The van der Waals surface area contributed by atoms with Crippen molar-refractivity contribution in [2.24, 2.45) is 4.99 Å². The summed E-state index contributed by atoms with van der Waals surface area (Å²) in [6.45, 7) is 4.08. The summed E-state index contributed by atoms with van der Waals surface area (Å²) in [5.74, 6) is 0.311. The van der Waals surface area contributed by atoms with Crippen molar-refractivity contribution in [1.29, 1.82) is 0 Å². The average Bonchev–Trinajstić information content (AvgIpc) is 2.20. The van der Waals surface area contributed by atoms with E-state index in [4.69, 9.17) is 0 Å². The Morgan fingerprint density at radius 1 is 1.43 bits per heavy atom. The molecule has 2 rings (SSSR count). The monoisotopic (exact) mass is 258 g/mol. The van der Waals surface area contributed by atoms with E-state index in [1.807, 2.05) is 37.0 Å². The zero-order chi connectivity index (χ0) is 9.10. The number of nitrogens with zero attached hydrogens (tertiary/aromatic N) is 1. The van der Waals surface area contributed by atoms with Crippen LogP contribution in [0.5, 0.6) is 0 Å². The van der Waals surface area contributed by atoms with E-state index >= 15 is 0 Å². The van der Waals surface area contributed by atoms with Crippen LogP contribution in [-0.2, 0) is 32.7 Å². The fraction of sp³-hybridized carbons (Fsp3) is 0.167. The molecule has 1 radical (unpaired) electrons. The molecule has 0 fully saturated rings. The number of allylic oxidation sites excluding steroid dienone is 1. The molecule has 0 N–H and O–H groups in total. The Morgan fingerprint density at radius 2 is 2.29 bits per heavy atom. The first-order chi connectivity index (χ1) is 6.38. The Kier molecular flexibility index (Phi) is 4.57. The van der Waals surface area contributed by atoms with Crippen LogP contribution in [0.2, 0.25) is 0 Å². The van der Waals surface area contributed by atoms with Crippen LogP contribution in [0.3, 0.4) is 0 Å². The zero-order valence-electron chi connectivity index (χ0n) is 8.14. The van der Waals surface area contributed by atoms with Crippen molar-refractivity contribution in [3.05, 3.63) is 54.1 Å². The van der Waals surface area contributed by atoms with E-state index in [0.717, 1.165) is 0 Å². The summed E-state index contributed by atoms with van der Waals surface area (Å²) in [5.41, 5.74) is 2.51. The molecular formula is C12H11NY-2. The number of hydrogen-bond donors (Lipinski definition) is 0. The van der Waals surface area contributed by atoms with Gasteiger partial charge < -0.3 is 4.99 Å². The van der Waals surface area contributed by atoms with Crippen LogP contribution in [0.15, 0.2) is 40.9 Å². The van der Waals surface area contributed by atoms with Gasteiger partial charge in [0.1, 0.15) is 0 Å². The normalized spacial score (nSPS) is 19.2. The third-order valence-corrected chi connectivity index (χ3v) is 2.22. The molecule has 0 amide bonds. The maximum atomic E-state index is 4.14. The van der Waals surface area contributed by atoms with Crippen LogP contribution in [0.1, 0.15) is 18.4 Å². The minimum Gasteiger partial charge on any atom is -0.453 e. The van der Waals surface area contributed by atoms with Crippen LogP contribution < -0.4 is 0 Å². The van der Waals surface area contributed by atoms with Crippen LogP contribution in [0.25, 0.3) is 0 Å². The van der Waals surface area contributed by atoms with Crippen LogP contribution in [0, 0.1) is 12.6 Å². The summed E-state index contributed by atoms with van der Waals surface area (Å²) >= 11 is 0. The van der Waals surface area contributed by atoms with Crippen molar-refractivity contribution in [2.75, 3.05) is 0 Å². The molecule has 1 nitrogen and oxygen atoms in total. The molecule has 1 aromatic rings. The minimum absolute atomic E-state index is 0. The second-order valence-electron chi connectivity index (χ2n) is 3.15. The molecule has 1 aliphatic heterocycles. The first-order valence-electron chi connectivity index (χ1n) is 4.38. The number of rotatable bonds is 1. The van der Waals surface area contributed by atoms with E-state index in [1.165, 1.54) is 11.1 Å². The van der Waals surface area contributed by atoms with Crippen LogP contribution in [-0.4, -0.2) is 6.21 Å². The van der Waals surface area contributed by atoms with Gasteiger partial charge in [0.2, 0.25) is 0 Å². The van der Waals surface area contributed by atoms with Gasteiger partial charge in [-0.05, 0) is 6.92 Å². The molecule has 0 aliphatic carbocycles. The SMILES string of the molecule is CC1=CC=N[CH-]C1c1[c-]cccc1.[Y]. The molecule has 1 unspecified atom stereocenters. The average molecular weight is 258 g/mol. The Balaban J connectivity index is 0.000000980. The predicted octanol–water partition coefficient (Wildman–Crippen LogP) is 2.76. The number of hydrogen-bond acceptors (Lipinski definition) is 1. The minimum atomic E-state index is 0. The smallest absolute Gasteiger partial charge is 0 e. The molecule has 0 spiro atoms. The van der Waals surface area contributed by atoms with Gasteiger partial charge in [-0.15, -0.1) is 18.8 Å². The van der Waals surface area contributed by atoms with Gasteiger partial charge in [-0.2, -0.15) is 35.9 Å². The molecule has 1 heterocycles. The standard InChI is InChI=1S/C12H11N.Y/c1-10-7-8-13-9-12(10)11-5-3-2-4-6-11;/h2-5,7-9,12H,1H3;/q-2;. The summed E-state index contributed by atoms with van der Waals surface area (Å²) in [6.07, 6.45) is 3.88. The molecule has 69 valence electrons. The maximum absolute atomic E-state index is 4.14. The van der Waals surface area contributed by atoms with E-state index in [9.17, 15) is 0 Å². The van der Waals surface area contributed by atoms with E-state index in [0.29, 0.717) is 5.92 Å². The third-order valence-electron chi connectivity index (χ3n) is 2.22. The van der Waals surface area contributed by atoms with Crippen LogP contribution in [0.4, 0.5) is 0 Å². The van der Waals surface area contributed by atoms with Crippen molar-refractivity contribution < 1.29 is 32.7 Å². The summed E-state index contributed by atoms with van der Waals surface area (Å²) in [5, 5.41) is 0. The summed E-state index contributed by atoms with van der Waals surface area (Å²) in [6, 6.07) is 11.3. The van der Waals surface area contributed by atoms with Gasteiger partial charge in [0.25, 0.3) is 0 Å². The van der Waals surface area contributed by atoms with Gasteiger partial charge in [0, 0.05) is 32.7 Å². The summed E-state index contributed by atoms with van der Waals surface area (Å²) in [4.78, 5) is 4.14. The van der Waals surface area contributed by atoms with Crippen LogP contribution >= 0.6 is 0 Å². The first kappa shape index (κ1) is 11.7. The quantitative estimate of drug-likeness (QED) is 0.687. The number of aliphatic imine (C=N–C) groups is 1.